The Bertz CT molecular complexity index is 262. The van der Waals surface area contributed by atoms with E-state index in [-0.39, 0.29) is 6.54 Å². The van der Waals surface area contributed by atoms with Crippen LogP contribution < -0.4 is 0 Å². The van der Waals surface area contributed by atoms with E-state index in [9.17, 15) is 4.79 Å². The SMILES string of the molecule is [2H]C([2H])(C[N+]12CCN(CC1)CC2)C(=O)O. The van der Waals surface area contributed by atoms with E-state index < -0.39 is 12.3 Å². The third-order valence-corrected chi connectivity index (χ3v) is 3.24. The number of fused-ring (bicyclic) bond motifs is 3. The lowest BCUT2D eigenvalue weighted by Crippen LogP contribution is -2.67. The number of aliphatic carboxylic acids is 1. The summed E-state index contributed by atoms with van der Waals surface area (Å²) in [5.74, 6) is -1.33. The van der Waals surface area contributed by atoms with Crippen molar-refractivity contribution in [2.24, 2.45) is 0 Å². The summed E-state index contributed by atoms with van der Waals surface area (Å²) < 4.78 is 15.7. The van der Waals surface area contributed by atoms with E-state index in [2.05, 4.69) is 4.90 Å². The van der Waals surface area contributed by atoms with Gasteiger partial charge in [-0.15, -0.1) is 0 Å². The van der Waals surface area contributed by atoms with E-state index in [1.165, 1.54) is 0 Å². The molecule has 0 spiro atoms. The van der Waals surface area contributed by atoms with Crippen molar-refractivity contribution in [1.29, 1.82) is 0 Å². The minimum absolute atomic E-state index is 0.121. The Morgan fingerprint density at radius 2 is 1.92 bits per heavy atom. The molecule has 3 saturated heterocycles. The Kier molecular flexibility index (Phi) is 1.71. The minimum atomic E-state index is -2.08. The summed E-state index contributed by atoms with van der Waals surface area (Å²) in [5, 5.41) is 8.80. The number of piperazine rings is 3. The van der Waals surface area contributed by atoms with E-state index >= 15 is 0 Å². The Balaban J connectivity index is 2.07. The molecule has 3 aliphatic rings. The van der Waals surface area contributed by atoms with E-state index in [4.69, 9.17) is 7.85 Å². The van der Waals surface area contributed by atoms with Crippen LogP contribution >= 0.6 is 0 Å². The molecular weight excluding hydrogens is 168 g/mol. The van der Waals surface area contributed by atoms with Gasteiger partial charge in [-0.25, -0.2) is 0 Å². The number of carboxylic acids is 1. The van der Waals surface area contributed by atoms with Crippen molar-refractivity contribution in [2.45, 2.75) is 6.37 Å². The topological polar surface area (TPSA) is 40.5 Å². The fraction of sp³-hybridized carbons (Fsp3) is 0.889. The van der Waals surface area contributed by atoms with Gasteiger partial charge in [0.25, 0.3) is 0 Å². The fourth-order valence-corrected chi connectivity index (χ4v) is 2.20. The predicted molar refractivity (Wildman–Crippen MR) is 48.4 cm³/mol. The molecule has 0 aliphatic carbocycles. The lowest BCUT2D eigenvalue weighted by atomic mass is 10.1. The average Bonchev–Trinajstić information content (AvgIpc) is 2.18. The molecule has 3 rings (SSSR count). The van der Waals surface area contributed by atoms with Crippen molar-refractivity contribution >= 4 is 5.97 Å². The Labute approximate surface area is 81.1 Å². The van der Waals surface area contributed by atoms with Crippen molar-refractivity contribution in [3.8, 4) is 0 Å². The second kappa shape index (κ2) is 3.27. The van der Waals surface area contributed by atoms with Crippen LogP contribution in [0.3, 0.4) is 0 Å². The molecule has 74 valence electrons. The summed E-state index contributed by atoms with van der Waals surface area (Å²) >= 11 is 0. The first kappa shape index (κ1) is 6.79. The van der Waals surface area contributed by atoms with Crippen LogP contribution in [-0.2, 0) is 4.79 Å². The van der Waals surface area contributed by atoms with Crippen molar-refractivity contribution in [3.05, 3.63) is 0 Å². The van der Waals surface area contributed by atoms with Gasteiger partial charge in [-0.2, -0.15) is 0 Å². The second-order valence-electron chi connectivity index (χ2n) is 3.99. The van der Waals surface area contributed by atoms with E-state index in [0.29, 0.717) is 4.48 Å². The molecule has 0 aromatic carbocycles. The molecule has 4 heteroatoms. The Hall–Kier alpha value is -0.610. The van der Waals surface area contributed by atoms with E-state index in [1.807, 2.05) is 0 Å². The molecule has 13 heavy (non-hydrogen) atoms. The number of quaternary nitrogens is 1. The van der Waals surface area contributed by atoms with Gasteiger partial charge in [0.2, 0.25) is 0 Å². The molecule has 0 amide bonds. The van der Waals surface area contributed by atoms with Gasteiger partial charge in [-0.3, -0.25) is 9.69 Å². The second-order valence-corrected chi connectivity index (χ2v) is 3.99. The largest absolute Gasteiger partial charge is 0.481 e. The van der Waals surface area contributed by atoms with Gasteiger partial charge < -0.3 is 9.59 Å². The summed E-state index contributed by atoms with van der Waals surface area (Å²) in [5.41, 5.74) is 0. The van der Waals surface area contributed by atoms with Gasteiger partial charge in [0, 0.05) is 22.4 Å². The molecule has 0 aromatic heterocycles. The molecule has 0 radical (unpaired) electrons. The lowest BCUT2D eigenvalue weighted by molar-refractivity contribution is -0.940. The molecular formula is C9H17N2O2+. The van der Waals surface area contributed by atoms with E-state index in [1.54, 1.807) is 0 Å². The minimum Gasteiger partial charge on any atom is -0.481 e. The first-order valence-corrected chi connectivity index (χ1v) is 4.74. The molecule has 1 N–H and O–H groups in total. The highest BCUT2D eigenvalue weighted by atomic mass is 16.4. The van der Waals surface area contributed by atoms with Crippen LogP contribution in [0.25, 0.3) is 0 Å². The fourth-order valence-electron chi connectivity index (χ4n) is 2.20. The molecule has 0 unspecified atom stereocenters. The maximum absolute atomic E-state index is 10.8. The summed E-state index contributed by atoms with van der Waals surface area (Å²) in [6.45, 7) is 5.75. The van der Waals surface area contributed by atoms with Crippen LogP contribution in [0.1, 0.15) is 9.11 Å². The zero-order chi connectivity index (χ0) is 11.1. The predicted octanol–water partition coefficient (Wildman–Crippen LogP) is -0.393. The van der Waals surface area contributed by atoms with Crippen molar-refractivity contribution in [3.63, 3.8) is 0 Å². The smallest absolute Gasteiger partial charge is 0.309 e. The molecule has 2 bridgehead atoms. The summed E-state index contributed by atoms with van der Waals surface area (Å²) in [7, 11) is 0. The first-order valence-electron chi connectivity index (χ1n) is 5.74. The highest BCUT2D eigenvalue weighted by Crippen LogP contribution is 2.19. The maximum atomic E-state index is 10.8. The summed E-state index contributed by atoms with van der Waals surface area (Å²) in [6.07, 6.45) is -2.08. The van der Waals surface area contributed by atoms with Gasteiger partial charge in [0.15, 0.2) is 0 Å². The van der Waals surface area contributed by atoms with Crippen LogP contribution in [0.2, 0.25) is 0 Å². The Morgan fingerprint density at radius 1 is 1.38 bits per heavy atom. The van der Waals surface area contributed by atoms with Gasteiger partial charge >= 0.3 is 5.97 Å². The van der Waals surface area contributed by atoms with Crippen molar-refractivity contribution < 1.29 is 17.1 Å². The highest BCUT2D eigenvalue weighted by Gasteiger charge is 2.38. The van der Waals surface area contributed by atoms with Gasteiger partial charge in [0.1, 0.15) is 0 Å². The number of carbonyl (C=O) groups is 1. The standard InChI is InChI=1S/C9H16N2O2/c12-9(13)1-5-11-6-2-10(3-7-11)4-8-11/h1-8H2/p+1/i1D2. The number of nitrogens with zero attached hydrogens (tertiary/aromatic N) is 2. The lowest BCUT2D eigenvalue weighted by Gasteiger charge is -2.50. The highest BCUT2D eigenvalue weighted by molar-refractivity contribution is 5.66. The summed E-state index contributed by atoms with van der Waals surface area (Å²) in [6, 6.07) is 0. The quantitative estimate of drug-likeness (QED) is 0.612. The monoisotopic (exact) mass is 187 g/mol. The first-order chi connectivity index (χ1) is 6.94. The van der Waals surface area contributed by atoms with Crippen molar-refractivity contribution in [1.82, 2.24) is 4.90 Å². The normalized spacial score (nSPS) is 41.1. The molecule has 0 atom stereocenters. The molecule has 3 aliphatic heterocycles. The zero-order valence-electron chi connectivity index (χ0n) is 9.70. The number of carboxylic acid groups (broad SMARTS) is 1. The van der Waals surface area contributed by atoms with Crippen LogP contribution in [0.15, 0.2) is 0 Å². The third-order valence-electron chi connectivity index (χ3n) is 3.24. The zero-order valence-corrected chi connectivity index (χ0v) is 7.70. The van der Waals surface area contributed by atoms with Crippen LogP contribution in [0.4, 0.5) is 0 Å². The van der Waals surface area contributed by atoms with Gasteiger partial charge in [-0.1, -0.05) is 0 Å². The van der Waals surface area contributed by atoms with E-state index in [0.717, 1.165) is 39.3 Å². The number of hydrogen-bond donors (Lipinski definition) is 1. The summed E-state index contributed by atoms with van der Waals surface area (Å²) in [4.78, 5) is 13.1. The van der Waals surface area contributed by atoms with Crippen LogP contribution in [0, 0.1) is 0 Å². The average molecular weight is 187 g/mol. The van der Waals surface area contributed by atoms with Crippen LogP contribution in [0.5, 0.6) is 0 Å². The number of hydrogen-bond acceptors (Lipinski definition) is 2. The van der Waals surface area contributed by atoms with Gasteiger partial charge in [0.05, 0.1) is 32.6 Å². The Morgan fingerprint density at radius 3 is 2.38 bits per heavy atom. The van der Waals surface area contributed by atoms with Gasteiger partial charge in [-0.05, 0) is 0 Å². The third kappa shape index (κ3) is 1.84. The molecule has 4 nitrogen and oxygen atoms in total. The van der Waals surface area contributed by atoms with Crippen LogP contribution in [-0.4, -0.2) is 66.3 Å². The maximum Gasteiger partial charge on any atom is 0.309 e. The molecule has 3 fully saturated rings. The number of rotatable bonds is 3. The van der Waals surface area contributed by atoms with Crippen molar-refractivity contribution in [2.75, 3.05) is 45.8 Å². The molecule has 0 aromatic rings. The molecule has 0 saturated carbocycles. The molecule has 3 heterocycles.